The van der Waals surface area contributed by atoms with E-state index in [4.69, 9.17) is 5.73 Å². The number of benzene rings is 1. The molecule has 5 nitrogen and oxygen atoms in total. The summed E-state index contributed by atoms with van der Waals surface area (Å²) in [6, 6.07) is 7.19. The van der Waals surface area contributed by atoms with Gasteiger partial charge in [0, 0.05) is 32.7 Å². The average molecular weight is 277 g/mol. The maximum absolute atomic E-state index is 12.4. The second-order valence-electron chi connectivity index (χ2n) is 4.92. The van der Waals surface area contributed by atoms with Crippen molar-refractivity contribution in [2.75, 3.05) is 27.2 Å². The van der Waals surface area contributed by atoms with Crippen LogP contribution < -0.4 is 5.73 Å². The number of likely N-dealkylation sites (N-methyl/N-ethyl adjacent to an activating group) is 1. The zero-order valence-corrected chi connectivity index (χ0v) is 12.4. The van der Waals surface area contributed by atoms with Gasteiger partial charge in [0.25, 0.3) is 5.91 Å². The van der Waals surface area contributed by atoms with Crippen LogP contribution in [0.3, 0.4) is 0 Å². The topological polar surface area (TPSA) is 66.6 Å². The number of nitrogens with zero attached hydrogens (tertiary/aromatic N) is 2. The Hall–Kier alpha value is -1.88. The van der Waals surface area contributed by atoms with Gasteiger partial charge in [-0.25, -0.2) is 0 Å². The second-order valence-corrected chi connectivity index (χ2v) is 4.92. The van der Waals surface area contributed by atoms with Crippen LogP contribution in [-0.2, 0) is 11.3 Å². The van der Waals surface area contributed by atoms with E-state index in [1.165, 1.54) is 4.90 Å². The van der Waals surface area contributed by atoms with E-state index in [1.54, 1.807) is 31.1 Å². The number of nitrogens with two attached hydrogens (primary N) is 1. The highest BCUT2D eigenvalue weighted by Gasteiger charge is 2.18. The standard InChI is InChI=1S/C15H23N3O2/c1-4-9-18(11-14(19)17(2)3)15(20)13-7-5-12(10-16)6-8-13/h5-8H,4,9-11,16H2,1-3H3. The van der Waals surface area contributed by atoms with Gasteiger partial charge in [0.15, 0.2) is 0 Å². The van der Waals surface area contributed by atoms with Crippen molar-refractivity contribution in [2.24, 2.45) is 5.73 Å². The van der Waals surface area contributed by atoms with Gasteiger partial charge in [0.05, 0.1) is 0 Å². The monoisotopic (exact) mass is 277 g/mol. The van der Waals surface area contributed by atoms with Crippen LogP contribution in [0.4, 0.5) is 0 Å². The molecule has 0 spiro atoms. The van der Waals surface area contributed by atoms with Gasteiger partial charge in [-0.2, -0.15) is 0 Å². The first-order valence-electron chi connectivity index (χ1n) is 6.78. The minimum Gasteiger partial charge on any atom is -0.347 e. The van der Waals surface area contributed by atoms with Crippen LogP contribution in [0.25, 0.3) is 0 Å². The molecule has 110 valence electrons. The van der Waals surface area contributed by atoms with Gasteiger partial charge in [-0.05, 0) is 24.1 Å². The minimum absolute atomic E-state index is 0.0784. The maximum atomic E-state index is 12.4. The summed E-state index contributed by atoms with van der Waals surface area (Å²) < 4.78 is 0. The lowest BCUT2D eigenvalue weighted by atomic mass is 10.1. The average Bonchev–Trinajstić information content (AvgIpc) is 2.46. The summed E-state index contributed by atoms with van der Waals surface area (Å²) in [5, 5.41) is 0. The number of rotatable bonds is 6. The summed E-state index contributed by atoms with van der Waals surface area (Å²) in [6.45, 7) is 3.11. The third-order valence-corrected chi connectivity index (χ3v) is 3.04. The van der Waals surface area contributed by atoms with Crippen LogP contribution >= 0.6 is 0 Å². The molecule has 0 aromatic heterocycles. The third-order valence-electron chi connectivity index (χ3n) is 3.04. The predicted octanol–water partition coefficient (Wildman–Crippen LogP) is 1.09. The lowest BCUT2D eigenvalue weighted by Gasteiger charge is -2.23. The van der Waals surface area contributed by atoms with E-state index in [0.717, 1.165) is 12.0 Å². The third kappa shape index (κ3) is 4.35. The Kier molecular flexibility index (Phi) is 6.18. The highest BCUT2D eigenvalue weighted by atomic mass is 16.2. The molecule has 1 aromatic carbocycles. The molecule has 0 atom stereocenters. The molecule has 2 amide bonds. The van der Waals surface area contributed by atoms with E-state index < -0.39 is 0 Å². The fourth-order valence-corrected chi connectivity index (χ4v) is 1.79. The van der Waals surface area contributed by atoms with E-state index in [0.29, 0.717) is 18.7 Å². The predicted molar refractivity (Wildman–Crippen MR) is 79.2 cm³/mol. The molecular weight excluding hydrogens is 254 g/mol. The Bertz CT molecular complexity index is 455. The first-order chi connectivity index (χ1) is 9.49. The Morgan fingerprint density at radius 1 is 1.15 bits per heavy atom. The zero-order valence-electron chi connectivity index (χ0n) is 12.4. The molecule has 1 aromatic rings. The lowest BCUT2D eigenvalue weighted by molar-refractivity contribution is -0.129. The summed E-state index contributed by atoms with van der Waals surface area (Å²) in [5.41, 5.74) is 7.10. The minimum atomic E-state index is -0.120. The van der Waals surface area contributed by atoms with Gasteiger partial charge in [-0.1, -0.05) is 19.1 Å². The highest BCUT2D eigenvalue weighted by Crippen LogP contribution is 2.08. The quantitative estimate of drug-likeness (QED) is 0.846. The Balaban J connectivity index is 2.84. The first kappa shape index (κ1) is 16.2. The molecule has 5 heteroatoms. The second kappa shape index (κ2) is 7.65. The van der Waals surface area contributed by atoms with Crippen LogP contribution in [0.2, 0.25) is 0 Å². The lowest BCUT2D eigenvalue weighted by Crippen LogP contribution is -2.40. The summed E-state index contributed by atoms with van der Waals surface area (Å²) >= 11 is 0. The molecule has 0 heterocycles. The number of hydrogen-bond donors (Lipinski definition) is 1. The summed E-state index contributed by atoms with van der Waals surface area (Å²) in [4.78, 5) is 27.3. The maximum Gasteiger partial charge on any atom is 0.254 e. The van der Waals surface area contributed by atoms with Crippen molar-refractivity contribution >= 4 is 11.8 Å². The van der Waals surface area contributed by atoms with Crippen molar-refractivity contribution in [3.63, 3.8) is 0 Å². The van der Waals surface area contributed by atoms with Crippen molar-refractivity contribution < 1.29 is 9.59 Å². The molecule has 0 fully saturated rings. The Labute approximate surface area is 120 Å². The number of amides is 2. The summed E-state index contributed by atoms with van der Waals surface area (Å²) in [6.07, 6.45) is 0.813. The van der Waals surface area contributed by atoms with E-state index in [-0.39, 0.29) is 18.4 Å². The van der Waals surface area contributed by atoms with Crippen molar-refractivity contribution in [3.05, 3.63) is 35.4 Å². The molecule has 1 rings (SSSR count). The van der Waals surface area contributed by atoms with Gasteiger partial charge in [0.1, 0.15) is 6.54 Å². The van der Waals surface area contributed by atoms with Crippen LogP contribution in [0.5, 0.6) is 0 Å². The van der Waals surface area contributed by atoms with Gasteiger partial charge in [-0.15, -0.1) is 0 Å². The highest BCUT2D eigenvalue weighted by molar-refractivity contribution is 5.96. The van der Waals surface area contributed by atoms with Gasteiger partial charge < -0.3 is 15.5 Å². The molecule has 0 bridgehead atoms. The molecule has 0 aliphatic rings. The fraction of sp³-hybridized carbons (Fsp3) is 0.467. The van der Waals surface area contributed by atoms with Gasteiger partial charge >= 0.3 is 0 Å². The van der Waals surface area contributed by atoms with Crippen molar-refractivity contribution in [1.82, 2.24) is 9.80 Å². The van der Waals surface area contributed by atoms with E-state index >= 15 is 0 Å². The molecule has 20 heavy (non-hydrogen) atoms. The molecule has 0 aliphatic carbocycles. The van der Waals surface area contributed by atoms with E-state index in [9.17, 15) is 9.59 Å². The van der Waals surface area contributed by atoms with Crippen molar-refractivity contribution in [1.29, 1.82) is 0 Å². The van der Waals surface area contributed by atoms with Crippen LogP contribution in [0.15, 0.2) is 24.3 Å². The van der Waals surface area contributed by atoms with Gasteiger partial charge in [0.2, 0.25) is 5.91 Å². The number of carbonyl (C=O) groups excluding carboxylic acids is 2. The molecular formula is C15H23N3O2. The van der Waals surface area contributed by atoms with Crippen molar-refractivity contribution in [3.8, 4) is 0 Å². The van der Waals surface area contributed by atoms with Crippen LogP contribution in [-0.4, -0.2) is 48.8 Å². The molecule has 0 unspecified atom stereocenters. The van der Waals surface area contributed by atoms with Crippen LogP contribution in [0, 0.1) is 0 Å². The fourth-order valence-electron chi connectivity index (χ4n) is 1.79. The molecule has 0 saturated carbocycles. The summed E-state index contributed by atoms with van der Waals surface area (Å²) in [7, 11) is 3.37. The zero-order chi connectivity index (χ0) is 15.1. The Morgan fingerprint density at radius 2 is 1.75 bits per heavy atom. The number of hydrogen-bond acceptors (Lipinski definition) is 3. The van der Waals surface area contributed by atoms with Gasteiger partial charge in [-0.3, -0.25) is 9.59 Å². The summed E-state index contributed by atoms with van der Waals surface area (Å²) in [5.74, 6) is -0.198. The van der Waals surface area contributed by atoms with Crippen LogP contribution in [0.1, 0.15) is 29.3 Å². The first-order valence-corrected chi connectivity index (χ1v) is 6.78. The molecule has 2 N–H and O–H groups in total. The molecule has 0 radical (unpaired) electrons. The SMILES string of the molecule is CCCN(CC(=O)N(C)C)C(=O)c1ccc(CN)cc1. The van der Waals surface area contributed by atoms with Crippen molar-refractivity contribution in [2.45, 2.75) is 19.9 Å². The Morgan fingerprint density at radius 3 is 2.20 bits per heavy atom. The number of carbonyl (C=O) groups is 2. The molecule has 0 saturated heterocycles. The van der Waals surface area contributed by atoms with E-state index in [1.807, 2.05) is 19.1 Å². The van der Waals surface area contributed by atoms with E-state index in [2.05, 4.69) is 0 Å². The largest absolute Gasteiger partial charge is 0.347 e. The molecule has 0 aliphatic heterocycles. The smallest absolute Gasteiger partial charge is 0.254 e. The normalized spacial score (nSPS) is 10.2.